The molecule has 9 nitrogen and oxygen atoms in total. The van der Waals surface area contributed by atoms with Gasteiger partial charge in [-0.25, -0.2) is 4.79 Å². The lowest BCUT2D eigenvalue weighted by Crippen LogP contribution is -2.40. The van der Waals surface area contributed by atoms with E-state index < -0.39 is 11.9 Å². The van der Waals surface area contributed by atoms with Crippen molar-refractivity contribution in [1.29, 1.82) is 0 Å². The van der Waals surface area contributed by atoms with Gasteiger partial charge in [0, 0.05) is 30.2 Å². The van der Waals surface area contributed by atoms with Crippen LogP contribution < -0.4 is 15.4 Å². The van der Waals surface area contributed by atoms with Crippen LogP contribution in [0.2, 0.25) is 0 Å². The Balaban J connectivity index is 1.45. The van der Waals surface area contributed by atoms with Gasteiger partial charge in [0.05, 0.1) is 12.9 Å². The maximum atomic E-state index is 12.4. The third-order valence-electron chi connectivity index (χ3n) is 4.78. The monoisotopic (exact) mass is 474 g/mol. The van der Waals surface area contributed by atoms with Crippen molar-refractivity contribution in [3.63, 3.8) is 0 Å². The van der Waals surface area contributed by atoms with Crippen LogP contribution in [-0.4, -0.2) is 44.5 Å². The van der Waals surface area contributed by atoms with Gasteiger partial charge in [0.15, 0.2) is 11.0 Å². The second-order valence-corrected chi connectivity index (χ2v) is 8.02. The molecule has 0 unspecified atom stereocenters. The summed E-state index contributed by atoms with van der Waals surface area (Å²) in [6.07, 6.45) is 3.35. The van der Waals surface area contributed by atoms with E-state index in [2.05, 4.69) is 25.8 Å². The van der Waals surface area contributed by atoms with E-state index in [4.69, 9.17) is 4.74 Å². The molecular formula is C24H22N6O3S. The van der Waals surface area contributed by atoms with E-state index in [0.717, 1.165) is 22.6 Å². The number of pyridine rings is 1. The lowest BCUT2D eigenvalue weighted by Gasteiger charge is -2.11. The van der Waals surface area contributed by atoms with E-state index >= 15 is 0 Å². The van der Waals surface area contributed by atoms with Crippen LogP contribution in [0.15, 0.2) is 84.3 Å². The Morgan fingerprint density at radius 3 is 2.41 bits per heavy atom. The lowest BCUT2D eigenvalue weighted by atomic mass is 10.2. The van der Waals surface area contributed by atoms with Crippen LogP contribution in [0.3, 0.4) is 0 Å². The fraction of sp³-hybridized carbons (Fsp3) is 0.125. The average molecular weight is 475 g/mol. The fourth-order valence-electron chi connectivity index (χ4n) is 3.13. The normalized spacial score (nSPS) is 10.5. The van der Waals surface area contributed by atoms with Crippen LogP contribution in [0.1, 0.15) is 5.56 Å². The average Bonchev–Trinajstić information content (AvgIpc) is 3.31. The van der Waals surface area contributed by atoms with E-state index in [-0.39, 0.29) is 5.75 Å². The Labute approximate surface area is 200 Å². The second kappa shape index (κ2) is 11.1. The van der Waals surface area contributed by atoms with Gasteiger partial charge in [-0.15, -0.1) is 10.2 Å². The number of nitrogens with one attached hydrogen (secondary N) is 2. The summed E-state index contributed by atoms with van der Waals surface area (Å²) in [5.41, 5.74) is 2.58. The number of urea groups is 1. The number of hydrogen-bond acceptors (Lipinski definition) is 7. The number of rotatable bonds is 8. The SMILES string of the molecule is COc1ccc(-n2c(SCC(=O)NC(=O)NCc3ccccc3)nnc2-c2ccncc2)cc1. The van der Waals surface area contributed by atoms with Crippen molar-refractivity contribution in [2.24, 2.45) is 0 Å². The molecule has 0 spiro atoms. The summed E-state index contributed by atoms with van der Waals surface area (Å²) in [6, 6.07) is 20.0. The molecule has 2 N–H and O–H groups in total. The molecule has 0 saturated heterocycles. The molecule has 172 valence electrons. The van der Waals surface area contributed by atoms with E-state index in [0.29, 0.717) is 17.5 Å². The van der Waals surface area contributed by atoms with Gasteiger partial charge >= 0.3 is 6.03 Å². The summed E-state index contributed by atoms with van der Waals surface area (Å²) in [6.45, 7) is 0.328. The quantitative estimate of drug-likeness (QED) is 0.376. The van der Waals surface area contributed by atoms with Gasteiger partial charge in [-0.3, -0.25) is 19.7 Å². The Kier molecular flexibility index (Phi) is 7.51. The number of carbonyl (C=O) groups is 2. The van der Waals surface area contributed by atoms with Gasteiger partial charge < -0.3 is 10.1 Å². The molecule has 2 aromatic heterocycles. The first-order valence-electron chi connectivity index (χ1n) is 10.4. The first kappa shape index (κ1) is 23.0. The van der Waals surface area contributed by atoms with Gasteiger partial charge in [-0.2, -0.15) is 0 Å². The number of aromatic nitrogens is 4. The highest BCUT2D eigenvalue weighted by atomic mass is 32.2. The van der Waals surface area contributed by atoms with Crippen LogP contribution in [0.5, 0.6) is 5.75 Å². The molecule has 0 bridgehead atoms. The largest absolute Gasteiger partial charge is 0.497 e. The summed E-state index contributed by atoms with van der Waals surface area (Å²) >= 11 is 1.18. The number of methoxy groups -OCH3 is 1. The number of carbonyl (C=O) groups excluding carboxylic acids is 2. The molecule has 0 radical (unpaired) electrons. The van der Waals surface area contributed by atoms with Gasteiger partial charge in [-0.05, 0) is 42.0 Å². The molecule has 0 aliphatic heterocycles. The number of nitrogens with zero attached hydrogens (tertiary/aromatic N) is 4. The third kappa shape index (κ3) is 5.78. The van der Waals surface area contributed by atoms with Crippen molar-refractivity contribution in [2.45, 2.75) is 11.7 Å². The van der Waals surface area contributed by atoms with Crippen molar-refractivity contribution in [3.8, 4) is 22.8 Å². The van der Waals surface area contributed by atoms with Crippen LogP contribution in [-0.2, 0) is 11.3 Å². The summed E-state index contributed by atoms with van der Waals surface area (Å²) in [7, 11) is 1.60. The minimum atomic E-state index is -0.552. The number of thioether (sulfide) groups is 1. The number of hydrogen-bond donors (Lipinski definition) is 2. The van der Waals surface area contributed by atoms with E-state index in [1.807, 2.05) is 71.3 Å². The molecule has 4 rings (SSSR count). The van der Waals surface area contributed by atoms with Crippen molar-refractivity contribution >= 4 is 23.7 Å². The molecule has 0 fully saturated rings. The second-order valence-electron chi connectivity index (χ2n) is 7.08. The van der Waals surface area contributed by atoms with Gasteiger partial charge in [-0.1, -0.05) is 42.1 Å². The topological polar surface area (TPSA) is 111 Å². The highest BCUT2D eigenvalue weighted by Crippen LogP contribution is 2.28. The Bertz CT molecular complexity index is 1250. The predicted molar refractivity (Wildman–Crippen MR) is 129 cm³/mol. The van der Waals surface area contributed by atoms with Gasteiger partial charge in [0.25, 0.3) is 0 Å². The Morgan fingerprint density at radius 1 is 0.971 bits per heavy atom. The Morgan fingerprint density at radius 2 is 1.71 bits per heavy atom. The molecule has 10 heteroatoms. The Hall–Kier alpha value is -4.18. The summed E-state index contributed by atoms with van der Waals surface area (Å²) < 4.78 is 7.10. The molecule has 0 atom stereocenters. The molecule has 4 aromatic rings. The first-order valence-corrected chi connectivity index (χ1v) is 11.4. The summed E-state index contributed by atoms with van der Waals surface area (Å²) in [5, 5.41) is 14.1. The standard InChI is InChI=1S/C24H22N6O3S/c1-33-20-9-7-19(8-10-20)30-22(18-11-13-25-14-12-18)28-29-24(30)34-16-21(31)27-23(32)26-15-17-5-3-2-4-6-17/h2-14H,15-16H2,1H3,(H2,26,27,31,32). The van der Waals surface area contributed by atoms with E-state index in [9.17, 15) is 9.59 Å². The molecule has 34 heavy (non-hydrogen) atoms. The zero-order chi connectivity index (χ0) is 23.8. The fourth-order valence-corrected chi connectivity index (χ4v) is 3.88. The molecule has 2 aromatic carbocycles. The van der Waals surface area contributed by atoms with Crippen LogP contribution >= 0.6 is 11.8 Å². The van der Waals surface area contributed by atoms with Crippen molar-refractivity contribution in [2.75, 3.05) is 12.9 Å². The van der Waals surface area contributed by atoms with E-state index in [1.165, 1.54) is 11.8 Å². The van der Waals surface area contributed by atoms with Crippen molar-refractivity contribution < 1.29 is 14.3 Å². The maximum absolute atomic E-state index is 12.4. The maximum Gasteiger partial charge on any atom is 0.321 e. The molecule has 0 aliphatic carbocycles. The van der Waals surface area contributed by atoms with E-state index in [1.54, 1.807) is 19.5 Å². The summed E-state index contributed by atoms with van der Waals surface area (Å²) in [5.74, 6) is 0.877. The highest BCUT2D eigenvalue weighted by molar-refractivity contribution is 7.99. The van der Waals surface area contributed by atoms with Gasteiger partial charge in [0.2, 0.25) is 5.91 Å². The zero-order valence-corrected chi connectivity index (χ0v) is 19.2. The lowest BCUT2D eigenvalue weighted by molar-refractivity contribution is -0.117. The number of amides is 3. The van der Waals surface area contributed by atoms with Crippen molar-refractivity contribution in [3.05, 3.63) is 84.7 Å². The third-order valence-corrected chi connectivity index (χ3v) is 5.71. The molecule has 0 aliphatic rings. The summed E-state index contributed by atoms with van der Waals surface area (Å²) in [4.78, 5) is 28.5. The van der Waals surface area contributed by atoms with Crippen molar-refractivity contribution in [1.82, 2.24) is 30.4 Å². The van der Waals surface area contributed by atoms with Crippen LogP contribution in [0.4, 0.5) is 4.79 Å². The van der Waals surface area contributed by atoms with Crippen LogP contribution in [0.25, 0.3) is 17.1 Å². The minimum Gasteiger partial charge on any atom is -0.497 e. The molecule has 3 amide bonds. The molecule has 0 saturated carbocycles. The molecular weight excluding hydrogens is 452 g/mol. The number of imide groups is 1. The number of ether oxygens (including phenoxy) is 1. The highest BCUT2D eigenvalue weighted by Gasteiger charge is 2.18. The van der Waals surface area contributed by atoms with Gasteiger partial charge in [0.1, 0.15) is 5.75 Å². The first-order chi connectivity index (χ1) is 16.6. The zero-order valence-electron chi connectivity index (χ0n) is 18.3. The predicted octanol–water partition coefficient (Wildman–Crippen LogP) is 3.46. The smallest absolute Gasteiger partial charge is 0.321 e. The minimum absolute atomic E-state index is 0.0105. The number of benzene rings is 2. The van der Waals surface area contributed by atoms with Crippen LogP contribution in [0, 0.1) is 0 Å². The molecule has 2 heterocycles.